The number of aromatic hydroxyl groups is 1. The van der Waals surface area contributed by atoms with Crippen LogP contribution >= 0.6 is 0 Å². The minimum absolute atomic E-state index is 0.0209. The maximum Gasteiger partial charge on any atom is 0.326 e. The van der Waals surface area contributed by atoms with Crippen LogP contribution in [0.2, 0.25) is 0 Å². The van der Waals surface area contributed by atoms with Gasteiger partial charge in [0.25, 0.3) is 5.91 Å². The van der Waals surface area contributed by atoms with Crippen molar-refractivity contribution in [1.29, 1.82) is 0 Å². The number of hydrogen-bond acceptors (Lipinski definition) is 4. The predicted octanol–water partition coefficient (Wildman–Crippen LogP) is 1.51. The van der Waals surface area contributed by atoms with E-state index in [1.54, 1.807) is 37.4 Å². The molecule has 1 amide bonds. The summed E-state index contributed by atoms with van der Waals surface area (Å²) in [5, 5.41) is 12.5. The summed E-state index contributed by atoms with van der Waals surface area (Å²) in [5.74, 6) is 0.132. The number of aromatic amines is 1. The molecule has 0 atom stereocenters. The van der Waals surface area contributed by atoms with Gasteiger partial charge in [0.1, 0.15) is 0 Å². The van der Waals surface area contributed by atoms with Gasteiger partial charge in [0.15, 0.2) is 11.5 Å². The number of ether oxygens (including phenoxy) is 1. The van der Waals surface area contributed by atoms with Crippen molar-refractivity contribution < 1.29 is 14.6 Å². The molecule has 0 aliphatic carbocycles. The van der Waals surface area contributed by atoms with E-state index in [2.05, 4.69) is 10.3 Å². The van der Waals surface area contributed by atoms with Gasteiger partial charge in [-0.2, -0.15) is 0 Å². The maximum atomic E-state index is 12.3. The third-order valence-corrected chi connectivity index (χ3v) is 3.86. The third kappa shape index (κ3) is 2.83. The summed E-state index contributed by atoms with van der Waals surface area (Å²) in [6, 6.07) is 9.96. The van der Waals surface area contributed by atoms with Crippen LogP contribution in [0.4, 0.5) is 0 Å². The molecular formula is C17H17N3O4. The molecule has 7 heteroatoms. The van der Waals surface area contributed by atoms with Gasteiger partial charge in [-0.25, -0.2) is 4.79 Å². The number of methoxy groups -OCH3 is 1. The molecule has 0 saturated heterocycles. The van der Waals surface area contributed by atoms with Crippen LogP contribution in [0.25, 0.3) is 11.0 Å². The molecule has 0 aliphatic rings. The van der Waals surface area contributed by atoms with Crippen LogP contribution in [0.1, 0.15) is 15.9 Å². The molecule has 2 aromatic carbocycles. The molecule has 3 aromatic rings. The topological polar surface area (TPSA) is 96.4 Å². The smallest absolute Gasteiger partial charge is 0.326 e. The molecule has 0 radical (unpaired) electrons. The lowest BCUT2D eigenvalue weighted by molar-refractivity contribution is 0.0951. The van der Waals surface area contributed by atoms with Gasteiger partial charge < -0.3 is 20.1 Å². The van der Waals surface area contributed by atoms with Crippen molar-refractivity contribution in [3.8, 4) is 11.5 Å². The Labute approximate surface area is 137 Å². The Balaban J connectivity index is 1.75. The SMILES string of the molecule is COc1ccc(CNC(=O)c2ccc3c(c2)[nH]c(=O)n3C)cc1O. The second-order valence-electron chi connectivity index (χ2n) is 5.41. The second-order valence-corrected chi connectivity index (χ2v) is 5.41. The Hall–Kier alpha value is -3.22. The van der Waals surface area contributed by atoms with Gasteiger partial charge in [-0.1, -0.05) is 6.07 Å². The van der Waals surface area contributed by atoms with Crippen molar-refractivity contribution >= 4 is 16.9 Å². The lowest BCUT2D eigenvalue weighted by Crippen LogP contribution is -2.22. The Morgan fingerprint density at radius 1 is 1.29 bits per heavy atom. The molecule has 0 spiro atoms. The van der Waals surface area contributed by atoms with Gasteiger partial charge in [0.2, 0.25) is 0 Å². The minimum Gasteiger partial charge on any atom is -0.504 e. The molecular weight excluding hydrogens is 310 g/mol. The van der Waals surface area contributed by atoms with E-state index >= 15 is 0 Å². The standard InChI is InChI=1S/C17H17N3O4/c1-20-13-5-4-11(8-12(13)19-17(20)23)16(22)18-9-10-3-6-15(24-2)14(21)7-10/h3-8,21H,9H2,1-2H3,(H,18,22)(H,19,23). The summed E-state index contributed by atoms with van der Waals surface area (Å²) in [6.07, 6.45) is 0. The van der Waals surface area contributed by atoms with Crippen LogP contribution in [0.15, 0.2) is 41.2 Å². The number of imidazole rings is 1. The second kappa shape index (κ2) is 6.11. The Kier molecular flexibility index (Phi) is 3.99. The third-order valence-electron chi connectivity index (χ3n) is 3.86. The number of fused-ring (bicyclic) bond motifs is 1. The first-order chi connectivity index (χ1) is 11.5. The number of phenols is 1. The molecule has 24 heavy (non-hydrogen) atoms. The first kappa shape index (κ1) is 15.7. The fraction of sp³-hybridized carbons (Fsp3) is 0.176. The van der Waals surface area contributed by atoms with Crippen LogP contribution < -0.4 is 15.7 Å². The summed E-state index contributed by atoms with van der Waals surface area (Å²) in [4.78, 5) is 26.5. The van der Waals surface area contributed by atoms with Gasteiger partial charge in [-0.15, -0.1) is 0 Å². The van der Waals surface area contributed by atoms with Crippen LogP contribution in [0.3, 0.4) is 0 Å². The molecule has 3 rings (SSSR count). The fourth-order valence-electron chi connectivity index (χ4n) is 2.51. The molecule has 0 fully saturated rings. The monoisotopic (exact) mass is 327 g/mol. The Morgan fingerprint density at radius 2 is 2.08 bits per heavy atom. The number of aryl methyl sites for hydroxylation is 1. The van der Waals surface area contributed by atoms with E-state index in [1.165, 1.54) is 17.7 Å². The number of H-pyrrole nitrogens is 1. The van der Waals surface area contributed by atoms with E-state index in [0.29, 0.717) is 16.8 Å². The van der Waals surface area contributed by atoms with Crippen molar-refractivity contribution in [3.05, 3.63) is 58.0 Å². The van der Waals surface area contributed by atoms with Crippen molar-refractivity contribution in [1.82, 2.24) is 14.9 Å². The highest BCUT2D eigenvalue weighted by atomic mass is 16.5. The van der Waals surface area contributed by atoms with Gasteiger partial charge >= 0.3 is 5.69 Å². The fourth-order valence-corrected chi connectivity index (χ4v) is 2.51. The van der Waals surface area contributed by atoms with E-state index in [4.69, 9.17) is 4.74 Å². The van der Waals surface area contributed by atoms with Crippen LogP contribution in [0, 0.1) is 0 Å². The number of hydrogen-bond donors (Lipinski definition) is 3. The Bertz CT molecular complexity index is 972. The number of aromatic nitrogens is 2. The molecule has 1 aromatic heterocycles. The lowest BCUT2D eigenvalue weighted by Gasteiger charge is -2.08. The van der Waals surface area contributed by atoms with E-state index in [-0.39, 0.29) is 23.9 Å². The van der Waals surface area contributed by atoms with Crippen LogP contribution in [0.5, 0.6) is 11.5 Å². The zero-order chi connectivity index (χ0) is 17.3. The summed E-state index contributed by atoms with van der Waals surface area (Å²) in [6.45, 7) is 0.264. The van der Waals surface area contributed by atoms with E-state index in [1.807, 2.05) is 0 Å². The van der Waals surface area contributed by atoms with Crippen LogP contribution in [-0.4, -0.2) is 27.7 Å². The zero-order valence-corrected chi connectivity index (χ0v) is 13.3. The number of carbonyl (C=O) groups excluding carboxylic acids is 1. The number of carbonyl (C=O) groups is 1. The molecule has 1 heterocycles. The molecule has 3 N–H and O–H groups in total. The predicted molar refractivity (Wildman–Crippen MR) is 89.4 cm³/mol. The van der Waals surface area contributed by atoms with Crippen LogP contribution in [-0.2, 0) is 13.6 Å². The zero-order valence-electron chi connectivity index (χ0n) is 13.3. The number of phenolic OH excluding ortho intramolecular Hbond substituents is 1. The number of rotatable bonds is 4. The summed E-state index contributed by atoms with van der Waals surface area (Å²) in [7, 11) is 3.14. The van der Waals surface area contributed by atoms with E-state index in [9.17, 15) is 14.7 Å². The summed E-state index contributed by atoms with van der Waals surface area (Å²) < 4.78 is 6.46. The summed E-state index contributed by atoms with van der Waals surface area (Å²) >= 11 is 0. The first-order valence-electron chi connectivity index (χ1n) is 7.32. The van der Waals surface area contributed by atoms with Crippen molar-refractivity contribution in [2.45, 2.75) is 6.54 Å². The molecule has 7 nitrogen and oxygen atoms in total. The quantitative estimate of drug-likeness (QED) is 0.677. The van der Waals surface area contributed by atoms with Gasteiger partial charge in [-0.3, -0.25) is 9.36 Å². The normalized spacial score (nSPS) is 10.8. The number of nitrogens with zero attached hydrogens (tertiary/aromatic N) is 1. The average molecular weight is 327 g/mol. The maximum absolute atomic E-state index is 12.3. The number of amides is 1. The van der Waals surface area contributed by atoms with Crippen molar-refractivity contribution in [2.75, 3.05) is 7.11 Å². The van der Waals surface area contributed by atoms with Gasteiger partial charge in [0, 0.05) is 19.2 Å². The number of benzene rings is 2. The van der Waals surface area contributed by atoms with Gasteiger partial charge in [0.05, 0.1) is 18.1 Å². The highest BCUT2D eigenvalue weighted by molar-refractivity contribution is 5.97. The van der Waals surface area contributed by atoms with Crippen molar-refractivity contribution in [3.63, 3.8) is 0 Å². The first-order valence-corrected chi connectivity index (χ1v) is 7.32. The Morgan fingerprint density at radius 3 is 2.79 bits per heavy atom. The molecule has 0 saturated carbocycles. The number of nitrogens with one attached hydrogen (secondary N) is 2. The van der Waals surface area contributed by atoms with Gasteiger partial charge in [-0.05, 0) is 35.9 Å². The highest BCUT2D eigenvalue weighted by Gasteiger charge is 2.10. The summed E-state index contributed by atoms with van der Waals surface area (Å²) in [5.41, 5.74) is 2.31. The van der Waals surface area contributed by atoms with Crippen molar-refractivity contribution in [2.24, 2.45) is 7.05 Å². The largest absolute Gasteiger partial charge is 0.504 e. The van der Waals surface area contributed by atoms with E-state index < -0.39 is 0 Å². The molecule has 0 aliphatic heterocycles. The molecule has 0 bridgehead atoms. The van der Waals surface area contributed by atoms with E-state index in [0.717, 1.165) is 11.1 Å². The molecule has 124 valence electrons. The average Bonchev–Trinajstić information content (AvgIpc) is 2.86. The lowest BCUT2D eigenvalue weighted by atomic mass is 10.1. The molecule has 0 unspecified atom stereocenters. The highest BCUT2D eigenvalue weighted by Crippen LogP contribution is 2.26. The minimum atomic E-state index is -0.267.